The highest BCUT2D eigenvalue weighted by molar-refractivity contribution is 5.84. The Balaban J connectivity index is 2.19. The number of fused-ring (bicyclic) bond motifs is 1. The summed E-state index contributed by atoms with van der Waals surface area (Å²) in [7, 11) is 0. The van der Waals surface area contributed by atoms with Gasteiger partial charge in [-0.2, -0.15) is 0 Å². The zero-order valence-corrected chi connectivity index (χ0v) is 12.5. The van der Waals surface area contributed by atoms with Crippen molar-refractivity contribution in [2.45, 2.75) is 46.5 Å². The molecule has 108 valence electrons. The van der Waals surface area contributed by atoms with E-state index in [2.05, 4.69) is 6.92 Å². The lowest BCUT2D eigenvalue weighted by Crippen LogP contribution is -2.02. The molecule has 2 aromatic rings. The van der Waals surface area contributed by atoms with Crippen LogP contribution in [0.5, 0.6) is 5.75 Å². The van der Waals surface area contributed by atoms with Crippen molar-refractivity contribution in [1.29, 1.82) is 0 Å². The SMILES string of the molecule is CCCCCCOc1ccc2c(C)cc(=O)oc2c1C. The first-order chi connectivity index (χ1) is 9.63. The van der Waals surface area contributed by atoms with Crippen LogP contribution < -0.4 is 10.4 Å². The van der Waals surface area contributed by atoms with Crippen molar-refractivity contribution in [1.82, 2.24) is 0 Å². The minimum Gasteiger partial charge on any atom is -0.493 e. The van der Waals surface area contributed by atoms with Crippen molar-refractivity contribution in [3.8, 4) is 5.75 Å². The second kappa shape index (κ2) is 6.60. The Morgan fingerprint density at radius 1 is 1.15 bits per heavy atom. The van der Waals surface area contributed by atoms with Crippen molar-refractivity contribution in [2.24, 2.45) is 0 Å². The van der Waals surface area contributed by atoms with Gasteiger partial charge >= 0.3 is 5.63 Å². The fraction of sp³-hybridized carbons (Fsp3) is 0.471. The van der Waals surface area contributed by atoms with Crippen molar-refractivity contribution >= 4 is 11.0 Å². The standard InChI is InChI=1S/C17H22O3/c1-4-5-6-7-10-19-15-9-8-14-12(2)11-16(18)20-17(14)13(15)3/h8-9,11H,4-7,10H2,1-3H3. The first kappa shape index (κ1) is 14.6. The molecule has 0 unspecified atom stereocenters. The van der Waals surface area contributed by atoms with E-state index >= 15 is 0 Å². The van der Waals surface area contributed by atoms with Gasteiger partial charge in [0.15, 0.2) is 0 Å². The maximum Gasteiger partial charge on any atom is 0.336 e. The van der Waals surface area contributed by atoms with E-state index < -0.39 is 0 Å². The minimum absolute atomic E-state index is 0.307. The van der Waals surface area contributed by atoms with E-state index in [0.717, 1.165) is 28.7 Å². The topological polar surface area (TPSA) is 39.4 Å². The van der Waals surface area contributed by atoms with Gasteiger partial charge in [-0.3, -0.25) is 0 Å². The average molecular weight is 274 g/mol. The molecule has 0 saturated heterocycles. The number of aryl methyl sites for hydroxylation is 2. The summed E-state index contributed by atoms with van der Waals surface area (Å²) in [5.41, 5.74) is 2.17. The number of ether oxygens (including phenoxy) is 1. The molecule has 0 bridgehead atoms. The summed E-state index contributed by atoms with van der Waals surface area (Å²) in [5.74, 6) is 0.808. The normalized spacial score (nSPS) is 10.9. The number of benzene rings is 1. The molecule has 0 radical (unpaired) electrons. The predicted molar refractivity (Wildman–Crippen MR) is 81.6 cm³/mol. The van der Waals surface area contributed by atoms with Crippen molar-refractivity contribution < 1.29 is 9.15 Å². The van der Waals surface area contributed by atoms with Crippen LogP contribution in [-0.2, 0) is 0 Å². The molecule has 0 saturated carbocycles. The van der Waals surface area contributed by atoms with Gasteiger partial charge in [0.2, 0.25) is 0 Å². The predicted octanol–water partition coefficient (Wildman–Crippen LogP) is 4.37. The Labute approximate surface area is 119 Å². The van der Waals surface area contributed by atoms with Gasteiger partial charge in [0.25, 0.3) is 0 Å². The van der Waals surface area contributed by atoms with E-state index in [1.54, 1.807) is 0 Å². The van der Waals surface area contributed by atoms with Crippen LogP contribution in [0.3, 0.4) is 0 Å². The number of rotatable bonds is 6. The fourth-order valence-electron chi connectivity index (χ4n) is 2.37. The van der Waals surface area contributed by atoms with Crippen LogP contribution in [0.2, 0.25) is 0 Å². The summed E-state index contributed by atoms with van der Waals surface area (Å²) in [6, 6.07) is 5.44. The molecule has 20 heavy (non-hydrogen) atoms. The summed E-state index contributed by atoms with van der Waals surface area (Å²) in [5, 5.41) is 0.973. The summed E-state index contributed by atoms with van der Waals surface area (Å²) in [4.78, 5) is 11.5. The monoisotopic (exact) mass is 274 g/mol. The van der Waals surface area contributed by atoms with Gasteiger partial charge < -0.3 is 9.15 Å². The molecule has 2 rings (SSSR count). The molecule has 1 aromatic carbocycles. The third-order valence-electron chi connectivity index (χ3n) is 3.57. The smallest absolute Gasteiger partial charge is 0.336 e. The Bertz CT molecular complexity index is 640. The first-order valence-corrected chi connectivity index (χ1v) is 7.30. The molecule has 1 heterocycles. The van der Waals surface area contributed by atoms with E-state index in [4.69, 9.17) is 9.15 Å². The summed E-state index contributed by atoms with van der Waals surface area (Å²) < 4.78 is 11.1. The van der Waals surface area contributed by atoms with Crippen LogP contribution >= 0.6 is 0 Å². The fourth-order valence-corrected chi connectivity index (χ4v) is 2.37. The summed E-state index contributed by atoms with van der Waals surface area (Å²) >= 11 is 0. The van der Waals surface area contributed by atoms with Crippen LogP contribution in [0.15, 0.2) is 27.4 Å². The molecule has 0 N–H and O–H groups in total. The highest BCUT2D eigenvalue weighted by Crippen LogP contribution is 2.28. The maximum atomic E-state index is 11.5. The Morgan fingerprint density at radius 2 is 1.95 bits per heavy atom. The lowest BCUT2D eigenvalue weighted by atomic mass is 10.1. The van der Waals surface area contributed by atoms with Gasteiger partial charge in [-0.1, -0.05) is 26.2 Å². The van der Waals surface area contributed by atoms with Gasteiger partial charge in [-0.25, -0.2) is 4.79 Å². The highest BCUT2D eigenvalue weighted by atomic mass is 16.5. The van der Waals surface area contributed by atoms with Crippen molar-refractivity contribution in [3.05, 3.63) is 39.7 Å². The van der Waals surface area contributed by atoms with Gasteiger partial charge in [0.1, 0.15) is 11.3 Å². The molecule has 0 amide bonds. The van der Waals surface area contributed by atoms with E-state index in [-0.39, 0.29) is 5.63 Å². The molecule has 0 aliphatic carbocycles. The van der Waals surface area contributed by atoms with Gasteiger partial charge in [-0.15, -0.1) is 0 Å². The van der Waals surface area contributed by atoms with E-state index in [9.17, 15) is 4.79 Å². The Hall–Kier alpha value is -1.77. The quantitative estimate of drug-likeness (QED) is 0.580. The Morgan fingerprint density at radius 3 is 2.70 bits per heavy atom. The third kappa shape index (κ3) is 3.21. The molecule has 0 spiro atoms. The summed E-state index contributed by atoms with van der Waals surface area (Å²) in [6.07, 6.45) is 4.72. The van der Waals surface area contributed by atoms with Crippen LogP contribution in [0, 0.1) is 13.8 Å². The third-order valence-corrected chi connectivity index (χ3v) is 3.57. The summed E-state index contributed by atoms with van der Waals surface area (Å²) in [6.45, 7) is 6.76. The molecule has 0 atom stereocenters. The maximum absolute atomic E-state index is 11.5. The van der Waals surface area contributed by atoms with Gasteiger partial charge in [0.05, 0.1) is 6.61 Å². The minimum atomic E-state index is -0.307. The molecule has 1 aromatic heterocycles. The van der Waals surface area contributed by atoms with E-state index in [1.165, 1.54) is 25.3 Å². The largest absolute Gasteiger partial charge is 0.493 e. The van der Waals surface area contributed by atoms with Crippen LogP contribution in [0.1, 0.15) is 43.7 Å². The lowest BCUT2D eigenvalue weighted by molar-refractivity contribution is 0.303. The van der Waals surface area contributed by atoms with E-state index in [1.807, 2.05) is 26.0 Å². The van der Waals surface area contributed by atoms with Crippen LogP contribution in [0.4, 0.5) is 0 Å². The van der Waals surface area contributed by atoms with Crippen molar-refractivity contribution in [3.63, 3.8) is 0 Å². The Kier molecular flexibility index (Phi) is 4.83. The molecular weight excluding hydrogens is 252 g/mol. The second-order valence-electron chi connectivity index (χ2n) is 5.22. The van der Waals surface area contributed by atoms with Crippen molar-refractivity contribution in [2.75, 3.05) is 6.61 Å². The molecule has 0 aliphatic heterocycles. The first-order valence-electron chi connectivity index (χ1n) is 7.30. The highest BCUT2D eigenvalue weighted by Gasteiger charge is 2.09. The lowest BCUT2D eigenvalue weighted by Gasteiger charge is -2.11. The van der Waals surface area contributed by atoms with Gasteiger partial charge in [0, 0.05) is 17.0 Å². The molecule has 3 heteroatoms. The molecule has 0 fully saturated rings. The zero-order chi connectivity index (χ0) is 14.5. The van der Waals surface area contributed by atoms with Crippen LogP contribution in [-0.4, -0.2) is 6.61 Å². The average Bonchev–Trinajstić information content (AvgIpc) is 2.41. The van der Waals surface area contributed by atoms with Crippen LogP contribution in [0.25, 0.3) is 11.0 Å². The molecule has 3 nitrogen and oxygen atoms in total. The van der Waals surface area contributed by atoms with Gasteiger partial charge in [-0.05, 0) is 38.0 Å². The number of unbranched alkanes of at least 4 members (excludes halogenated alkanes) is 3. The molecular formula is C17H22O3. The van der Waals surface area contributed by atoms with E-state index in [0.29, 0.717) is 12.2 Å². The molecule has 0 aliphatic rings. The zero-order valence-electron chi connectivity index (χ0n) is 12.5. The number of hydrogen-bond donors (Lipinski definition) is 0. The second-order valence-corrected chi connectivity index (χ2v) is 5.22. The number of hydrogen-bond acceptors (Lipinski definition) is 3.